The van der Waals surface area contributed by atoms with Gasteiger partial charge in [-0.1, -0.05) is 24.3 Å². The number of hydrogen-bond acceptors (Lipinski definition) is 3. The first-order valence-corrected chi connectivity index (χ1v) is 5.90. The monoisotopic (exact) mass is 241 g/mol. The summed E-state index contributed by atoms with van der Waals surface area (Å²) in [6.07, 6.45) is 1.98. The molecular formula is C15H15NO2. The van der Waals surface area contributed by atoms with Gasteiger partial charge in [0.25, 0.3) is 0 Å². The first kappa shape index (κ1) is 12.3. The summed E-state index contributed by atoms with van der Waals surface area (Å²) in [6, 6.07) is 13.2. The minimum absolute atomic E-state index is 0.0176. The Bertz CT molecular complexity index is 523. The second-order valence-electron chi connectivity index (χ2n) is 4.00. The van der Waals surface area contributed by atoms with Crippen LogP contribution in [0.5, 0.6) is 5.75 Å². The van der Waals surface area contributed by atoms with E-state index in [2.05, 4.69) is 4.98 Å². The summed E-state index contributed by atoms with van der Waals surface area (Å²) in [5, 5.41) is 0. The highest BCUT2D eigenvalue weighted by molar-refractivity contribution is 5.95. The average Bonchev–Trinajstić information content (AvgIpc) is 2.40. The molecule has 1 aromatic heterocycles. The molecule has 0 bridgehead atoms. The molecular weight excluding hydrogens is 226 g/mol. The molecule has 0 spiro atoms. The van der Waals surface area contributed by atoms with Crippen molar-refractivity contribution in [2.75, 3.05) is 6.61 Å². The van der Waals surface area contributed by atoms with Crippen molar-refractivity contribution < 1.29 is 9.53 Å². The van der Waals surface area contributed by atoms with Gasteiger partial charge in [0.15, 0.2) is 5.78 Å². The van der Waals surface area contributed by atoms with Gasteiger partial charge in [-0.2, -0.15) is 0 Å². The molecule has 1 heterocycles. The van der Waals surface area contributed by atoms with E-state index in [1.54, 1.807) is 6.20 Å². The summed E-state index contributed by atoms with van der Waals surface area (Å²) < 4.78 is 5.49. The van der Waals surface area contributed by atoms with Gasteiger partial charge in [-0.25, -0.2) is 0 Å². The molecule has 0 atom stereocenters. The Morgan fingerprint density at radius 1 is 1.17 bits per heavy atom. The molecule has 18 heavy (non-hydrogen) atoms. The number of carbonyl (C=O) groups is 1. The molecule has 3 heteroatoms. The van der Waals surface area contributed by atoms with Crippen LogP contribution in [0.25, 0.3) is 0 Å². The van der Waals surface area contributed by atoms with Crippen molar-refractivity contribution in [3.8, 4) is 5.75 Å². The molecule has 0 amide bonds. The molecule has 0 unspecified atom stereocenters. The fourth-order valence-corrected chi connectivity index (χ4v) is 1.67. The van der Waals surface area contributed by atoms with Crippen molar-refractivity contribution >= 4 is 5.78 Å². The van der Waals surface area contributed by atoms with Crippen LogP contribution in [0.1, 0.15) is 22.5 Å². The van der Waals surface area contributed by atoms with E-state index in [1.807, 2.05) is 49.4 Å². The highest BCUT2D eigenvalue weighted by Crippen LogP contribution is 2.10. The maximum absolute atomic E-state index is 11.9. The number of ether oxygens (including phenoxy) is 1. The van der Waals surface area contributed by atoms with E-state index in [0.29, 0.717) is 18.7 Å². The molecule has 0 aliphatic rings. The zero-order valence-corrected chi connectivity index (χ0v) is 10.3. The van der Waals surface area contributed by atoms with Crippen LogP contribution < -0.4 is 4.74 Å². The Hall–Kier alpha value is -2.16. The molecule has 0 fully saturated rings. The average molecular weight is 241 g/mol. The maximum atomic E-state index is 11.9. The number of para-hydroxylation sites is 1. The highest BCUT2D eigenvalue weighted by atomic mass is 16.5. The van der Waals surface area contributed by atoms with Gasteiger partial charge in [0.05, 0.1) is 6.61 Å². The zero-order chi connectivity index (χ0) is 12.8. The van der Waals surface area contributed by atoms with E-state index >= 15 is 0 Å². The summed E-state index contributed by atoms with van der Waals surface area (Å²) in [6.45, 7) is 2.26. The number of rotatable bonds is 5. The lowest BCUT2D eigenvalue weighted by Gasteiger charge is -2.06. The number of Topliss-reactive ketones (excluding diaryl/α,β-unsaturated/α-hetero) is 1. The number of pyridine rings is 1. The molecule has 0 saturated heterocycles. The van der Waals surface area contributed by atoms with E-state index in [4.69, 9.17) is 4.74 Å². The number of aryl methyl sites for hydroxylation is 1. The van der Waals surface area contributed by atoms with Gasteiger partial charge in [0.2, 0.25) is 0 Å². The molecule has 3 nitrogen and oxygen atoms in total. The van der Waals surface area contributed by atoms with Crippen LogP contribution in [0.4, 0.5) is 0 Å². The first-order chi connectivity index (χ1) is 8.77. The van der Waals surface area contributed by atoms with Gasteiger partial charge in [-0.05, 0) is 30.7 Å². The van der Waals surface area contributed by atoms with E-state index < -0.39 is 0 Å². The standard InChI is InChI=1S/C15H15NO2/c1-12-6-5-10-16-15(12)14(17)9-11-18-13-7-3-2-4-8-13/h2-8,10H,9,11H2,1H3. The molecule has 92 valence electrons. The van der Waals surface area contributed by atoms with Crippen molar-refractivity contribution in [1.29, 1.82) is 0 Å². The molecule has 0 N–H and O–H groups in total. The number of nitrogens with zero attached hydrogens (tertiary/aromatic N) is 1. The van der Waals surface area contributed by atoms with Crippen molar-refractivity contribution in [3.63, 3.8) is 0 Å². The number of hydrogen-bond donors (Lipinski definition) is 0. The fourth-order valence-electron chi connectivity index (χ4n) is 1.67. The predicted octanol–water partition coefficient (Wildman–Crippen LogP) is 3.04. The molecule has 0 radical (unpaired) electrons. The molecule has 1 aromatic carbocycles. The van der Waals surface area contributed by atoms with E-state index in [0.717, 1.165) is 11.3 Å². The topological polar surface area (TPSA) is 39.2 Å². The first-order valence-electron chi connectivity index (χ1n) is 5.90. The number of ketones is 1. The van der Waals surface area contributed by atoms with Crippen LogP contribution >= 0.6 is 0 Å². The minimum atomic E-state index is 0.0176. The van der Waals surface area contributed by atoms with Gasteiger partial charge in [0.1, 0.15) is 11.4 Å². The number of carbonyl (C=O) groups excluding carboxylic acids is 1. The van der Waals surface area contributed by atoms with Gasteiger partial charge in [-0.15, -0.1) is 0 Å². The Morgan fingerprint density at radius 2 is 1.94 bits per heavy atom. The van der Waals surface area contributed by atoms with Crippen LogP contribution in [0.3, 0.4) is 0 Å². The van der Waals surface area contributed by atoms with Gasteiger partial charge in [-0.3, -0.25) is 9.78 Å². The Balaban J connectivity index is 1.88. The lowest BCUT2D eigenvalue weighted by Crippen LogP contribution is -2.09. The van der Waals surface area contributed by atoms with Gasteiger partial charge in [0, 0.05) is 12.6 Å². The molecule has 0 aliphatic carbocycles. The van der Waals surface area contributed by atoms with E-state index in [-0.39, 0.29) is 5.78 Å². The summed E-state index contributed by atoms with van der Waals surface area (Å²) in [5.41, 5.74) is 1.44. The van der Waals surface area contributed by atoms with Crippen molar-refractivity contribution in [2.24, 2.45) is 0 Å². The third-order valence-corrected chi connectivity index (χ3v) is 2.61. The Morgan fingerprint density at radius 3 is 2.67 bits per heavy atom. The van der Waals surface area contributed by atoms with E-state index in [9.17, 15) is 4.79 Å². The van der Waals surface area contributed by atoms with Crippen LogP contribution in [0.2, 0.25) is 0 Å². The molecule has 2 rings (SSSR count). The van der Waals surface area contributed by atoms with Gasteiger partial charge < -0.3 is 4.74 Å². The van der Waals surface area contributed by atoms with Crippen LogP contribution in [0.15, 0.2) is 48.7 Å². The smallest absolute Gasteiger partial charge is 0.184 e. The largest absolute Gasteiger partial charge is 0.493 e. The third-order valence-electron chi connectivity index (χ3n) is 2.61. The summed E-state index contributed by atoms with van der Waals surface area (Å²) in [7, 11) is 0. The summed E-state index contributed by atoms with van der Waals surface area (Å²) in [4.78, 5) is 16.0. The number of aromatic nitrogens is 1. The second-order valence-corrected chi connectivity index (χ2v) is 4.00. The van der Waals surface area contributed by atoms with Crippen LogP contribution in [-0.4, -0.2) is 17.4 Å². The fraction of sp³-hybridized carbons (Fsp3) is 0.200. The lowest BCUT2D eigenvalue weighted by atomic mass is 10.1. The van der Waals surface area contributed by atoms with Gasteiger partial charge >= 0.3 is 0 Å². The van der Waals surface area contributed by atoms with Crippen LogP contribution in [-0.2, 0) is 0 Å². The second kappa shape index (κ2) is 5.96. The zero-order valence-electron chi connectivity index (χ0n) is 10.3. The SMILES string of the molecule is Cc1cccnc1C(=O)CCOc1ccccc1. The summed E-state index contributed by atoms with van der Waals surface area (Å²) in [5.74, 6) is 0.798. The Kier molecular flexibility index (Phi) is 4.07. The normalized spacial score (nSPS) is 10.1. The Labute approximate surface area is 106 Å². The van der Waals surface area contributed by atoms with E-state index in [1.165, 1.54) is 0 Å². The lowest BCUT2D eigenvalue weighted by molar-refractivity contribution is 0.0956. The van der Waals surface area contributed by atoms with Crippen molar-refractivity contribution in [2.45, 2.75) is 13.3 Å². The maximum Gasteiger partial charge on any atom is 0.184 e. The van der Waals surface area contributed by atoms with Crippen molar-refractivity contribution in [1.82, 2.24) is 4.98 Å². The molecule has 0 saturated carbocycles. The quantitative estimate of drug-likeness (QED) is 0.755. The minimum Gasteiger partial charge on any atom is -0.493 e. The molecule has 0 aliphatic heterocycles. The molecule has 2 aromatic rings. The van der Waals surface area contributed by atoms with Crippen molar-refractivity contribution in [3.05, 3.63) is 59.9 Å². The highest BCUT2D eigenvalue weighted by Gasteiger charge is 2.09. The predicted molar refractivity (Wildman–Crippen MR) is 69.9 cm³/mol. The number of benzene rings is 1. The summed E-state index contributed by atoms with van der Waals surface area (Å²) >= 11 is 0. The third kappa shape index (κ3) is 3.17. The van der Waals surface area contributed by atoms with Crippen LogP contribution in [0, 0.1) is 6.92 Å².